The Bertz CT molecular complexity index is 278. The van der Waals surface area contributed by atoms with Gasteiger partial charge in [0.15, 0.2) is 0 Å². The first kappa shape index (κ1) is 16.1. The second-order valence-electron chi connectivity index (χ2n) is 6.31. The highest BCUT2D eigenvalue weighted by Crippen LogP contribution is 2.01. The van der Waals surface area contributed by atoms with E-state index < -0.39 is 0 Å². The molecule has 0 unspecified atom stereocenters. The first-order valence-corrected chi connectivity index (χ1v) is 5.99. The molecule has 0 radical (unpaired) electrons. The summed E-state index contributed by atoms with van der Waals surface area (Å²) in [5.41, 5.74) is 0.460. The SMILES string of the molecule is C=C(C)C(=O)OCC[N+](C)(C)CC[N+](C)(C)C. The Morgan fingerprint density at radius 1 is 1.06 bits per heavy atom. The topological polar surface area (TPSA) is 26.3 Å². The van der Waals surface area contributed by atoms with Crippen LogP contribution in [-0.2, 0) is 9.53 Å². The number of carbonyl (C=O) groups is 1. The summed E-state index contributed by atoms with van der Waals surface area (Å²) >= 11 is 0. The van der Waals surface area contributed by atoms with E-state index in [4.69, 9.17) is 4.74 Å². The van der Waals surface area contributed by atoms with Gasteiger partial charge in [-0.15, -0.1) is 0 Å². The van der Waals surface area contributed by atoms with Gasteiger partial charge in [0, 0.05) is 5.57 Å². The van der Waals surface area contributed by atoms with Crippen molar-refractivity contribution in [3.63, 3.8) is 0 Å². The molecule has 0 amide bonds. The average molecular weight is 244 g/mol. The predicted molar refractivity (Wildman–Crippen MR) is 70.5 cm³/mol. The zero-order chi connectivity index (χ0) is 13.7. The Balaban J connectivity index is 3.94. The molecule has 0 aromatic carbocycles. The average Bonchev–Trinajstić information content (AvgIpc) is 2.13. The quantitative estimate of drug-likeness (QED) is 0.378. The van der Waals surface area contributed by atoms with Gasteiger partial charge in [-0.2, -0.15) is 0 Å². The van der Waals surface area contributed by atoms with Crippen LogP contribution in [0.4, 0.5) is 0 Å². The Hall–Kier alpha value is -0.870. The number of hydrogen-bond acceptors (Lipinski definition) is 2. The summed E-state index contributed by atoms with van der Waals surface area (Å²) in [5.74, 6) is -0.295. The number of likely N-dealkylation sites (N-methyl/N-ethyl adjacent to an activating group) is 2. The Morgan fingerprint density at radius 2 is 1.59 bits per heavy atom. The van der Waals surface area contributed by atoms with Crippen LogP contribution < -0.4 is 0 Å². The molecule has 0 bridgehead atoms. The van der Waals surface area contributed by atoms with E-state index in [1.807, 2.05) is 0 Å². The van der Waals surface area contributed by atoms with Crippen LogP contribution in [-0.4, -0.2) is 76.4 Å². The summed E-state index contributed by atoms with van der Waals surface area (Å²) in [6.45, 7) is 8.67. The summed E-state index contributed by atoms with van der Waals surface area (Å²) in [5, 5.41) is 0. The van der Waals surface area contributed by atoms with E-state index in [9.17, 15) is 4.79 Å². The monoisotopic (exact) mass is 244 g/mol. The molecule has 17 heavy (non-hydrogen) atoms. The third-order valence-electron chi connectivity index (χ3n) is 2.65. The molecule has 0 fully saturated rings. The fraction of sp³-hybridized carbons (Fsp3) is 0.769. The van der Waals surface area contributed by atoms with E-state index in [2.05, 4.69) is 41.8 Å². The third kappa shape index (κ3) is 8.89. The smallest absolute Gasteiger partial charge is 0.333 e. The van der Waals surface area contributed by atoms with E-state index in [-0.39, 0.29) is 5.97 Å². The molecule has 0 heterocycles. The van der Waals surface area contributed by atoms with E-state index in [1.165, 1.54) is 0 Å². The second-order valence-corrected chi connectivity index (χ2v) is 6.31. The molecule has 0 aromatic rings. The lowest BCUT2D eigenvalue weighted by molar-refractivity contribution is -0.937. The lowest BCUT2D eigenvalue weighted by Gasteiger charge is -2.33. The first-order valence-electron chi connectivity index (χ1n) is 5.99. The van der Waals surface area contributed by atoms with E-state index in [1.54, 1.807) is 6.92 Å². The molecular weight excluding hydrogens is 216 g/mol. The number of nitrogens with zero attached hydrogens (tertiary/aromatic N) is 2. The fourth-order valence-corrected chi connectivity index (χ4v) is 1.19. The van der Waals surface area contributed by atoms with Gasteiger partial charge in [0.1, 0.15) is 26.2 Å². The third-order valence-corrected chi connectivity index (χ3v) is 2.65. The maximum atomic E-state index is 11.2. The van der Waals surface area contributed by atoms with Crippen LogP contribution in [0.25, 0.3) is 0 Å². The van der Waals surface area contributed by atoms with Crippen molar-refractivity contribution in [2.24, 2.45) is 0 Å². The van der Waals surface area contributed by atoms with Crippen molar-refractivity contribution in [2.75, 3.05) is 61.5 Å². The molecule has 0 N–H and O–H groups in total. The summed E-state index contributed by atoms with van der Waals surface area (Å²) in [6.07, 6.45) is 0. The maximum absolute atomic E-state index is 11.2. The van der Waals surface area contributed by atoms with Gasteiger partial charge in [0.05, 0.1) is 35.2 Å². The van der Waals surface area contributed by atoms with Crippen molar-refractivity contribution in [3.8, 4) is 0 Å². The lowest BCUT2D eigenvalue weighted by Crippen LogP contribution is -2.50. The highest BCUT2D eigenvalue weighted by molar-refractivity contribution is 5.86. The normalized spacial score (nSPS) is 12.4. The second kappa shape index (κ2) is 6.17. The molecule has 0 aliphatic heterocycles. The Kier molecular flexibility index (Phi) is 5.85. The lowest BCUT2D eigenvalue weighted by atomic mass is 10.3. The minimum atomic E-state index is -0.295. The van der Waals surface area contributed by atoms with Gasteiger partial charge < -0.3 is 13.7 Å². The molecule has 0 saturated carbocycles. The predicted octanol–water partition coefficient (Wildman–Crippen LogP) is 0.888. The molecule has 0 aromatic heterocycles. The molecule has 0 saturated heterocycles. The van der Waals surface area contributed by atoms with Crippen molar-refractivity contribution in [3.05, 3.63) is 12.2 Å². The van der Waals surface area contributed by atoms with Crippen LogP contribution in [0.3, 0.4) is 0 Å². The van der Waals surface area contributed by atoms with Gasteiger partial charge in [-0.3, -0.25) is 0 Å². The summed E-state index contributed by atoms with van der Waals surface area (Å²) in [7, 11) is 10.9. The highest BCUT2D eigenvalue weighted by Gasteiger charge is 2.20. The van der Waals surface area contributed by atoms with Crippen molar-refractivity contribution in [1.29, 1.82) is 0 Å². The van der Waals surface area contributed by atoms with Gasteiger partial charge in [0.2, 0.25) is 0 Å². The van der Waals surface area contributed by atoms with E-state index in [0.29, 0.717) is 12.2 Å². The number of carbonyl (C=O) groups excluding carboxylic acids is 1. The summed E-state index contributed by atoms with van der Waals surface area (Å²) in [6, 6.07) is 0. The molecule has 0 atom stereocenters. The van der Waals surface area contributed by atoms with Gasteiger partial charge >= 0.3 is 5.97 Å². The van der Waals surface area contributed by atoms with E-state index >= 15 is 0 Å². The van der Waals surface area contributed by atoms with Crippen molar-refractivity contribution in [1.82, 2.24) is 0 Å². The Labute approximate surface area is 106 Å². The molecule has 4 heteroatoms. The van der Waals surface area contributed by atoms with Crippen LogP contribution >= 0.6 is 0 Å². The zero-order valence-corrected chi connectivity index (χ0v) is 12.2. The van der Waals surface area contributed by atoms with Crippen LogP contribution in [0.2, 0.25) is 0 Å². The van der Waals surface area contributed by atoms with Gasteiger partial charge in [-0.25, -0.2) is 4.79 Å². The molecule has 4 nitrogen and oxygen atoms in total. The van der Waals surface area contributed by atoms with Crippen molar-refractivity contribution in [2.45, 2.75) is 6.92 Å². The van der Waals surface area contributed by atoms with Crippen molar-refractivity contribution >= 4 is 5.97 Å². The first-order chi connectivity index (χ1) is 7.53. The number of esters is 1. The van der Waals surface area contributed by atoms with Crippen LogP contribution in [0, 0.1) is 0 Å². The van der Waals surface area contributed by atoms with Gasteiger partial charge in [0.25, 0.3) is 0 Å². The standard InChI is InChI=1S/C13H28N2O2/c1-12(2)13(16)17-11-10-15(6,7)9-8-14(3,4)5/h1,8-11H2,2-7H3/q+2. The minimum absolute atomic E-state index is 0.295. The van der Waals surface area contributed by atoms with Crippen LogP contribution in [0.5, 0.6) is 0 Å². The van der Waals surface area contributed by atoms with Crippen LogP contribution in [0.15, 0.2) is 12.2 Å². The van der Waals surface area contributed by atoms with Gasteiger partial charge in [-0.1, -0.05) is 6.58 Å². The van der Waals surface area contributed by atoms with Gasteiger partial charge in [-0.05, 0) is 6.92 Å². The Morgan fingerprint density at radius 3 is 2.00 bits per heavy atom. The molecular formula is C13H28N2O2+2. The summed E-state index contributed by atoms with van der Waals surface area (Å²) < 4.78 is 6.92. The van der Waals surface area contributed by atoms with E-state index in [0.717, 1.165) is 28.6 Å². The molecule has 0 spiro atoms. The minimum Gasteiger partial charge on any atom is -0.456 e. The number of hydrogen-bond donors (Lipinski definition) is 0. The van der Waals surface area contributed by atoms with Crippen molar-refractivity contribution < 1.29 is 18.5 Å². The number of ether oxygens (including phenoxy) is 1. The molecule has 0 aliphatic carbocycles. The van der Waals surface area contributed by atoms with Crippen LogP contribution in [0.1, 0.15) is 6.92 Å². The molecule has 100 valence electrons. The maximum Gasteiger partial charge on any atom is 0.333 e. The number of rotatable bonds is 7. The number of quaternary nitrogens is 2. The summed E-state index contributed by atoms with van der Waals surface area (Å²) in [4.78, 5) is 11.2. The highest BCUT2D eigenvalue weighted by atomic mass is 16.5. The molecule has 0 rings (SSSR count). The molecule has 0 aliphatic rings. The zero-order valence-electron chi connectivity index (χ0n) is 12.2. The largest absolute Gasteiger partial charge is 0.456 e. The fourth-order valence-electron chi connectivity index (χ4n) is 1.19.